The number of hydrogen-bond donors (Lipinski definition) is 0. The summed E-state index contributed by atoms with van der Waals surface area (Å²) in [6.45, 7) is 5.17. The van der Waals surface area contributed by atoms with Crippen molar-refractivity contribution in [1.29, 1.82) is 0 Å². The number of hydrogen-bond acceptors (Lipinski definition) is 3. The largest absolute Gasteiger partial charge is 0.494 e. The number of ether oxygens (including phenoxy) is 2. The highest BCUT2D eigenvalue weighted by atomic mass is 16.5. The molecule has 0 unspecified atom stereocenters. The lowest BCUT2D eigenvalue weighted by molar-refractivity contribution is 0.0734. The summed E-state index contributed by atoms with van der Waals surface area (Å²) in [6.07, 6.45) is 12.2. The molecule has 2 rings (SSSR count). The third-order valence-corrected chi connectivity index (χ3v) is 5.06. The summed E-state index contributed by atoms with van der Waals surface area (Å²) in [5, 5.41) is 0. The van der Waals surface area contributed by atoms with Gasteiger partial charge in [0.2, 0.25) is 0 Å². The van der Waals surface area contributed by atoms with Crippen molar-refractivity contribution in [2.24, 2.45) is 0 Å². The van der Waals surface area contributed by atoms with E-state index in [2.05, 4.69) is 13.8 Å². The van der Waals surface area contributed by atoms with Crippen LogP contribution in [0, 0.1) is 0 Å². The standard InChI is InChI=1S/C26H36O3/c1-3-5-7-8-9-11-21-28-24-17-19-25(20-18-24)29-26(27)23-15-13-22(14-16-23)12-10-6-4-2/h13-20H,3-12,21H2,1-2H3. The molecule has 0 spiro atoms. The van der Waals surface area contributed by atoms with E-state index >= 15 is 0 Å². The Labute approximate surface area is 176 Å². The predicted molar refractivity (Wildman–Crippen MR) is 120 cm³/mol. The van der Waals surface area contributed by atoms with Crippen LogP contribution >= 0.6 is 0 Å². The van der Waals surface area contributed by atoms with E-state index in [0.29, 0.717) is 11.3 Å². The molecule has 0 atom stereocenters. The van der Waals surface area contributed by atoms with E-state index in [1.807, 2.05) is 36.4 Å². The number of aryl methyl sites for hydroxylation is 1. The molecule has 0 saturated heterocycles. The Bertz CT molecular complexity index is 689. The van der Waals surface area contributed by atoms with Crippen molar-refractivity contribution in [1.82, 2.24) is 0 Å². The van der Waals surface area contributed by atoms with Crippen LogP contribution in [0.4, 0.5) is 0 Å². The predicted octanol–water partition coefficient (Wildman–Crippen LogP) is 7.38. The fourth-order valence-electron chi connectivity index (χ4n) is 3.23. The average Bonchev–Trinajstić information content (AvgIpc) is 2.75. The average molecular weight is 397 g/mol. The van der Waals surface area contributed by atoms with Crippen molar-refractivity contribution < 1.29 is 14.3 Å². The van der Waals surface area contributed by atoms with E-state index in [-0.39, 0.29) is 5.97 Å². The first kappa shape index (κ1) is 23.0. The molecule has 0 aliphatic rings. The molecule has 0 radical (unpaired) electrons. The van der Waals surface area contributed by atoms with E-state index in [0.717, 1.165) is 25.2 Å². The molecular weight excluding hydrogens is 360 g/mol. The maximum absolute atomic E-state index is 12.3. The van der Waals surface area contributed by atoms with Gasteiger partial charge in [-0.3, -0.25) is 0 Å². The monoisotopic (exact) mass is 396 g/mol. The van der Waals surface area contributed by atoms with Gasteiger partial charge in [-0.05, 0) is 61.2 Å². The second kappa shape index (κ2) is 13.8. The van der Waals surface area contributed by atoms with Crippen LogP contribution in [0.1, 0.15) is 87.6 Å². The number of carbonyl (C=O) groups is 1. The topological polar surface area (TPSA) is 35.5 Å². The summed E-state index contributed by atoms with van der Waals surface area (Å²) < 4.78 is 11.2. The zero-order chi connectivity index (χ0) is 20.7. The zero-order valence-corrected chi connectivity index (χ0v) is 18.1. The van der Waals surface area contributed by atoms with Crippen LogP contribution in [0.15, 0.2) is 48.5 Å². The lowest BCUT2D eigenvalue weighted by Gasteiger charge is -2.08. The van der Waals surface area contributed by atoms with E-state index in [1.165, 1.54) is 56.9 Å². The molecule has 0 aliphatic heterocycles. The highest BCUT2D eigenvalue weighted by Crippen LogP contribution is 2.19. The first-order valence-corrected chi connectivity index (χ1v) is 11.3. The number of rotatable bonds is 14. The summed E-state index contributed by atoms with van der Waals surface area (Å²) >= 11 is 0. The van der Waals surface area contributed by atoms with E-state index < -0.39 is 0 Å². The summed E-state index contributed by atoms with van der Waals surface area (Å²) in [5.74, 6) is 1.02. The molecule has 0 saturated carbocycles. The Hall–Kier alpha value is -2.29. The molecule has 2 aromatic carbocycles. The molecule has 0 bridgehead atoms. The van der Waals surface area contributed by atoms with Crippen molar-refractivity contribution in [3.05, 3.63) is 59.7 Å². The second-order valence-electron chi connectivity index (χ2n) is 7.63. The number of carbonyl (C=O) groups excluding carboxylic acids is 1. The molecule has 0 aromatic heterocycles. The van der Waals surface area contributed by atoms with Crippen molar-refractivity contribution in [3.8, 4) is 11.5 Å². The van der Waals surface area contributed by atoms with Gasteiger partial charge in [-0.15, -0.1) is 0 Å². The fourth-order valence-corrected chi connectivity index (χ4v) is 3.23. The maximum atomic E-state index is 12.3. The van der Waals surface area contributed by atoms with Gasteiger partial charge in [0.15, 0.2) is 0 Å². The van der Waals surface area contributed by atoms with Crippen LogP contribution < -0.4 is 9.47 Å². The third kappa shape index (κ3) is 9.17. The van der Waals surface area contributed by atoms with Gasteiger partial charge in [0.05, 0.1) is 12.2 Å². The maximum Gasteiger partial charge on any atom is 0.343 e. The van der Waals surface area contributed by atoms with Gasteiger partial charge < -0.3 is 9.47 Å². The lowest BCUT2D eigenvalue weighted by atomic mass is 10.1. The Morgan fingerprint density at radius 2 is 1.28 bits per heavy atom. The molecule has 3 heteroatoms. The minimum atomic E-state index is -0.328. The zero-order valence-electron chi connectivity index (χ0n) is 18.1. The summed E-state index contributed by atoms with van der Waals surface area (Å²) in [5.41, 5.74) is 1.84. The highest BCUT2D eigenvalue weighted by molar-refractivity contribution is 5.91. The van der Waals surface area contributed by atoms with Gasteiger partial charge >= 0.3 is 5.97 Å². The molecule has 0 fully saturated rings. The summed E-state index contributed by atoms with van der Waals surface area (Å²) in [6, 6.07) is 15.0. The van der Waals surface area contributed by atoms with Gasteiger partial charge in [0.25, 0.3) is 0 Å². The van der Waals surface area contributed by atoms with Crippen LogP contribution in [-0.2, 0) is 6.42 Å². The Balaban J connectivity index is 1.72. The van der Waals surface area contributed by atoms with Crippen molar-refractivity contribution >= 4 is 5.97 Å². The first-order chi connectivity index (χ1) is 14.2. The quantitative estimate of drug-likeness (QED) is 0.190. The number of unbranched alkanes of at least 4 members (excludes halogenated alkanes) is 7. The van der Waals surface area contributed by atoms with E-state index in [1.54, 1.807) is 12.1 Å². The fraction of sp³-hybridized carbons (Fsp3) is 0.500. The summed E-state index contributed by atoms with van der Waals surface area (Å²) in [4.78, 5) is 12.3. The Morgan fingerprint density at radius 1 is 0.690 bits per heavy atom. The van der Waals surface area contributed by atoms with Crippen molar-refractivity contribution in [2.45, 2.75) is 78.1 Å². The number of benzene rings is 2. The molecule has 2 aromatic rings. The Morgan fingerprint density at radius 3 is 1.97 bits per heavy atom. The second-order valence-corrected chi connectivity index (χ2v) is 7.63. The normalized spacial score (nSPS) is 10.7. The SMILES string of the molecule is CCCCCCCCOc1ccc(OC(=O)c2ccc(CCCCC)cc2)cc1. The summed E-state index contributed by atoms with van der Waals surface area (Å²) in [7, 11) is 0. The lowest BCUT2D eigenvalue weighted by Crippen LogP contribution is -2.08. The smallest absolute Gasteiger partial charge is 0.343 e. The molecule has 0 amide bonds. The number of esters is 1. The third-order valence-electron chi connectivity index (χ3n) is 5.06. The molecular formula is C26H36O3. The molecule has 158 valence electrons. The van der Waals surface area contributed by atoms with Crippen LogP contribution in [0.5, 0.6) is 11.5 Å². The molecule has 3 nitrogen and oxygen atoms in total. The van der Waals surface area contributed by atoms with Crippen molar-refractivity contribution in [3.63, 3.8) is 0 Å². The molecule has 29 heavy (non-hydrogen) atoms. The van der Waals surface area contributed by atoms with Crippen LogP contribution in [0.25, 0.3) is 0 Å². The van der Waals surface area contributed by atoms with E-state index in [9.17, 15) is 4.79 Å². The van der Waals surface area contributed by atoms with Gasteiger partial charge in [-0.25, -0.2) is 4.79 Å². The van der Waals surface area contributed by atoms with Gasteiger partial charge in [-0.2, -0.15) is 0 Å². The van der Waals surface area contributed by atoms with Crippen LogP contribution in [-0.4, -0.2) is 12.6 Å². The van der Waals surface area contributed by atoms with Crippen LogP contribution in [0.3, 0.4) is 0 Å². The van der Waals surface area contributed by atoms with E-state index in [4.69, 9.17) is 9.47 Å². The molecule has 0 N–H and O–H groups in total. The van der Waals surface area contributed by atoms with Gasteiger partial charge in [0, 0.05) is 0 Å². The van der Waals surface area contributed by atoms with Crippen LogP contribution in [0.2, 0.25) is 0 Å². The van der Waals surface area contributed by atoms with Gasteiger partial charge in [0.1, 0.15) is 11.5 Å². The van der Waals surface area contributed by atoms with Gasteiger partial charge in [-0.1, -0.05) is 70.9 Å². The highest BCUT2D eigenvalue weighted by Gasteiger charge is 2.09. The Kier molecular flexibility index (Phi) is 11.0. The molecule has 0 aliphatic carbocycles. The van der Waals surface area contributed by atoms with Crippen molar-refractivity contribution in [2.75, 3.05) is 6.61 Å². The molecule has 0 heterocycles. The minimum Gasteiger partial charge on any atom is -0.494 e. The first-order valence-electron chi connectivity index (χ1n) is 11.3. The minimum absolute atomic E-state index is 0.328.